The first-order chi connectivity index (χ1) is 10.1. The van der Waals surface area contributed by atoms with Crippen LogP contribution in [0.5, 0.6) is 0 Å². The van der Waals surface area contributed by atoms with Gasteiger partial charge in [0.05, 0.1) is 17.5 Å². The van der Waals surface area contributed by atoms with Gasteiger partial charge in [-0.15, -0.1) is 0 Å². The fourth-order valence-corrected chi connectivity index (χ4v) is 3.19. The van der Waals surface area contributed by atoms with E-state index in [4.69, 9.17) is 4.74 Å². The first kappa shape index (κ1) is 14.4. The van der Waals surface area contributed by atoms with Crippen molar-refractivity contribution in [2.24, 2.45) is 0 Å². The number of hydrogen-bond donors (Lipinski definition) is 2. The lowest BCUT2D eigenvalue weighted by molar-refractivity contribution is 0.134. The van der Waals surface area contributed by atoms with Crippen molar-refractivity contribution in [1.29, 1.82) is 0 Å². The number of aromatic nitrogens is 2. The molecule has 0 aromatic carbocycles. The lowest BCUT2D eigenvalue weighted by Crippen LogP contribution is -2.33. The number of nitrogens with zero attached hydrogens (tertiary/aromatic N) is 2. The minimum absolute atomic E-state index is 0.152. The zero-order chi connectivity index (χ0) is 15.0. The smallest absolute Gasteiger partial charge is 0.161 e. The van der Waals surface area contributed by atoms with E-state index in [9.17, 15) is 5.11 Å². The summed E-state index contributed by atoms with van der Waals surface area (Å²) in [4.78, 5) is 4.68. The summed E-state index contributed by atoms with van der Waals surface area (Å²) in [7, 11) is 1.71. The van der Waals surface area contributed by atoms with E-state index in [1.807, 2.05) is 6.92 Å². The van der Waals surface area contributed by atoms with E-state index < -0.39 is 0 Å². The molecule has 0 spiro atoms. The number of anilines is 1. The largest absolute Gasteiger partial charge is 0.391 e. The number of ether oxygens (including phenoxy) is 1. The fourth-order valence-electron chi connectivity index (χ4n) is 3.19. The van der Waals surface area contributed by atoms with Crippen LogP contribution in [0.4, 0.5) is 5.69 Å². The third-order valence-corrected chi connectivity index (χ3v) is 4.52. The van der Waals surface area contributed by atoms with E-state index in [1.165, 1.54) is 5.56 Å². The molecule has 2 aromatic rings. The normalized spacial score (nSPS) is 21.3. The Hall–Kier alpha value is -1.59. The Bertz CT molecular complexity index is 650. The molecule has 2 aromatic heterocycles. The van der Waals surface area contributed by atoms with Gasteiger partial charge in [-0.05, 0) is 38.3 Å². The molecule has 0 radical (unpaired) electrons. The van der Waals surface area contributed by atoms with E-state index in [0.29, 0.717) is 6.54 Å². The number of fused-ring (bicyclic) bond motifs is 3. The molecule has 3 heterocycles. The molecule has 0 saturated heterocycles. The molecule has 114 valence electrons. The fraction of sp³-hybridized carbons (Fsp3) is 0.562. The topological polar surface area (TPSA) is 58.8 Å². The van der Waals surface area contributed by atoms with Crippen LogP contribution in [0.2, 0.25) is 0 Å². The lowest BCUT2D eigenvalue weighted by atomic mass is 9.86. The van der Waals surface area contributed by atoms with Crippen molar-refractivity contribution < 1.29 is 9.84 Å². The van der Waals surface area contributed by atoms with Crippen LogP contribution in [-0.4, -0.2) is 40.9 Å². The van der Waals surface area contributed by atoms with E-state index >= 15 is 0 Å². The van der Waals surface area contributed by atoms with Crippen molar-refractivity contribution in [3.63, 3.8) is 0 Å². The number of aliphatic hydroxyl groups is 1. The quantitative estimate of drug-likeness (QED) is 0.848. The van der Waals surface area contributed by atoms with Crippen molar-refractivity contribution in [3.05, 3.63) is 29.2 Å². The first-order valence-electron chi connectivity index (χ1n) is 7.52. The van der Waals surface area contributed by atoms with Crippen molar-refractivity contribution in [3.8, 4) is 0 Å². The van der Waals surface area contributed by atoms with Crippen molar-refractivity contribution in [1.82, 2.24) is 9.38 Å². The lowest BCUT2D eigenvalue weighted by Gasteiger charge is -2.31. The molecule has 0 fully saturated rings. The Morgan fingerprint density at radius 1 is 1.48 bits per heavy atom. The summed E-state index contributed by atoms with van der Waals surface area (Å²) in [5.41, 5.74) is 5.42. The molecule has 1 aliphatic heterocycles. The molecule has 0 saturated carbocycles. The highest BCUT2D eigenvalue weighted by molar-refractivity contribution is 5.74. The average Bonchev–Trinajstić information content (AvgIpc) is 2.77. The Morgan fingerprint density at radius 3 is 3.05 bits per heavy atom. The van der Waals surface area contributed by atoms with Gasteiger partial charge in [-0.1, -0.05) is 0 Å². The molecular weight excluding hydrogens is 266 g/mol. The van der Waals surface area contributed by atoms with Crippen LogP contribution in [0, 0.1) is 13.8 Å². The van der Waals surface area contributed by atoms with Gasteiger partial charge < -0.3 is 19.6 Å². The molecule has 1 aliphatic rings. The summed E-state index contributed by atoms with van der Waals surface area (Å²) in [5, 5.41) is 13.7. The maximum atomic E-state index is 10.3. The zero-order valence-electron chi connectivity index (χ0n) is 12.9. The monoisotopic (exact) mass is 289 g/mol. The second kappa shape index (κ2) is 5.66. The molecule has 0 aliphatic carbocycles. The second-order valence-electron chi connectivity index (χ2n) is 5.81. The summed E-state index contributed by atoms with van der Waals surface area (Å²) in [6, 6.07) is 2.11. The van der Waals surface area contributed by atoms with Gasteiger partial charge in [0.2, 0.25) is 0 Å². The SMILES string of the molecule is COCCCC1c2ccn3c(C)c(C)nc3c2NCC1O. The predicted molar refractivity (Wildman–Crippen MR) is 83.0 cm³/mol. The van der Waals surface area contributed by atoms with Gasteiger partial charge in [-0.3, -0.25) is 0 Å². The number of hydrogen-bond acceptors (Lipinski definition) is 4. The Morgan fingerprint density at radius 2 is 2.29 bits per heavy atom. The minimum Gasteiger partial charge on any atom is -0.391 e. The Balaban J connectivity index is 2.01. The zero-order valence-corrected chi connectivity index (χ0v) is 12.9. The molecule has 3 rings (SSSR count). The highest BCUT2D eigenvalue weighted by Gasteiger charge is 2.29. The van der Waals surface area contributed by atoms with Crippen molar-refractivity contribution in [2.75, 3.05) is 25.6 Å². The summed E-state index contributed by atoms with van der Waals surface area (Å²) in [6.45, 7) is 5.42. The van der Waals surface area contributed by atoms with E-state index in [2.05, 4.69) is 33.9 Å². The van der Waals surface area contributed by atoms with Crippen LogP contribution >= 0.6 is 0 Å². The first-order valence-corrected chi connectivity index (χ1v) is 7.52. The third kappa shape index (κ3) is 2.40. The number of aliphatic hydroxyl groups excluding tert-OH is 1. The number of imidazole rings is 1. The molecule has 5 nitrogen and oxygen atoms in total. The summed E-state index contributed by atoms with van der Waals surface area (Å²) < 4.78 is 7.25. The minimum atomic E-state index is -0.353. The third-order valence-electron chi connectivity index (χ3n) is 4.52. The number of aryl methyl sites for hydroxylation is 2. The van der Waals surface area contributed by atoms with Crippen molar-refractivity contribution >= 4 is 11.3 Å². The molecule has 21 heavy (non-hydrogen) atoms. The Labute approximate surface area is 125 Å². The van der Waals surface area contributed by atoms with Gasteiger partial charge in [-0.2, -0.15) is 0 Å². The van der Waals surface area contributed by atoms with Gasteiger partial charge in [0.25, 0.3) is 0 Å². The number of methoxy groups -OCH3 is 1. The maximum absolute atomic E-state index is 10.3. The van der Waals surface area contributed by atoms with Gasteiger partial charge >= 0.3 is 0 Å². The van der Waals surface area contributed by atoms with Gasteiger partial charge in [-0.25, -0.2) is 4.98 Å². The van der Waals surface area contributed by atoms with Crippen LogP contribution in [0.3, 0.4) is 0 Å². The van der Waals surface area contributed by atoms with Crippen LogP contribution in [0.25, 0.3) is 5.65 Å². The summed E-state index contributed by atoms with van der Waals surface area (Å²) >= 11 is 0. The van der Waals surface area contributed by atoms with Crippen LogP contribution in [0.15, 0.2) is 12.3 Å². The van der Waals surface area contributed by atoms with E-state index in [1.54, 1.807) is 7.11 Å². The standard InChI is InChI=1S/C16H23N3O2/c1-10-11(2)19-7-6-13-12(5-4-8-21-3)14(20)9-17-15(13)16(19)18-10/h6-7,12,14,17,20H,4-5,8-9H2,1-3H3. The molecular formula is C16H23N3O2. The summed E-state index contributed by atoms with van der Waals surface area (Å²) in [6.07, 6.45) is 3.59. The number of pyridine rings is 1. The average molecular weight is 289 g/mol. The number of nitrogens with one attached hydrogen (secondary N) is 1. The molecule has 0 amide bonds. The second-order valence-corrected chi connectivity index (χ2v) is 5.81. The van der Waals surface area contributed by atoms with Gasteiger partial charge in [0, 0.05) is 38.1 Å². The Kier molecular flexibility index (Phi) is 3.87. The molecule has 2 atom stereocenters. The molecule has 5 heteroatoms. The maximum Gasteiger partial charge on any atom is 0.161 e. The van der Waals surface area contributed by atoms with E-state index in [-0.39, 0.29) is 12.0 Å². The van der Waals surface area contributed by atoms with Crippen LogP contribution in [-0.2, 0) is 4.74 Å². The van der Waals surface area contributed by atoms with Crippen molar-refractivity contribution in [2.45, 2.75) is 38.7 Å². The predicted octanol–water partition coefficient (Wildman–Crippen LogP) is 2.25. The van der Waals surface area contributed by atoms with Crippen LogP contribution < -0.4 is 5.32 Å². The number of β-amino-alcohol motifs (C(OH)–C–C–N with tert-alkyl or cyclic N) is 1. The van der Waals surface area contributed by atoms with E-state index in [0.717, 1.165) is 42.2 Å². The van der Waals surface area contributed by atoms with Gasteiger partial charge in [0.15, 0.2) is 5.65 Å². The summed E-state index contributed by atoms with van der Waals surface area (Å²) in [5.74, 6) is 0.152. The van der Waals surface area contributed by atoms with Crippen LogP contribution in [0.1, 0.15) is 35.7 Å². The molecule has 2 unspecified atom stereocenters. The number of rotatable bonds is 4. The molecule has 2 N–H and O–H groups in total. The highest BCUT2D eigenvalue weighted by Crippen LogP contribution is 2.37. The van der Waals surface area contributed by atoms with Gasteiger partial charge in [0.1, 0.15) is 0 Å². The highest BCUT2D eigenvalue weighted by atomic mass is 16.5. The molecule has 0 bridgehead atoms.